The number of halogens is 1. The van der Waals surface area contributed by atoms with Crippen molar-refractivity contribution in [3.63, 3.8) is 0 Å². The number of ether oxygens (including phenoxy) is 2. The molecule has 0 bridgehead atoms. The standard InChI is InChI=1S/C15H17ClN2O4S/c1-21-12-4-3-11(14(9-12)22-2)7-8-18-23(19,20)13-5-6-15(16)17-10-13/h3-6,9-10,18H,7-8H2,1-2H3. The van der Waals surface area contributed by atoms with E-state index in [1.54, 1.807) is 26.4 Å². The first-order chi connectivity index (χ1) is 11.0. The van der Waals surface area contributed by atoms with Crippen LogP contribution in [0.15, 0.2) is 41.4 Å². The van der Waals surface area contributed by atoms with Gasteiger partial charge in [0.2, 0.25) is 10.0 Å². The molecule has 8 heteroatoms. The fourth-order valence-corrected chi connectivity index (χ4v) is 3.07. The zero-order chi connectivity index (χ0) is 16.9. The van der Waals surface area contributed by atoms with Crippen LogP contribution in [-0.4, -0.2) is 34.2 Å². The van der Waals surface area contributed by atoms with Gasteiger partial charge < -0.3 is 9.47 Å². The Morgan fingerprint density at radius 2 is 1.96 bits per heavy atom. The minimum Gasteiger partial charge on any atom is -0.497 e. The fraction of sp³-hybridized carbons (Fsp3) is 0.267. The second kappa shape index (κ2) is 7.63. The van der Waals surface area contributed by atoms with E-state index in [9.17, 15) is 8.42 Å². The summed E-state index contributed by atoms with van der Waals surface area (Å²) < 4.78 is 37.2. The van der Waals surface area contributed by atoms with Crippen molar-refractivity contribution < 1.29 is 17.9 Å². The molecule has 6 nitrogen and oxygen atoms in total. The van der Waals surface area contributed by atoms with Crippen LogP contribution in [-0.2, 0) is 16.4 Å². The molecule has 1 N–H and O–H groups in total. The van der Waals surface area contributed by atoms with Gasteiger partial charge in [-0.05, 0) is 30.2 Å². The first-order valence-electron chi connectivity index (χ1n) is 6.78. The van der Waals surface area contributed by atoms with Gasteiger partial charge in [0.15, 0.2) is 0 Å². The zero-order valence-electron chi connectivity index (χ0n) is 12.7. The third kappa shape index (κ3) is 4.57. The highest BCUT2D eigenvalue weighted by Crippen LogP contribution is 2.24. The number of nitrogens with zero attached hydrogens (tertiary/aromatic N) is 1. The van der Waals surface area contributed by atoms with Crippen molar-refractivity contribution in [2.24, 2.45) is 0 Å². The number of pyridine rings is 1. The maximum atomic E-state index is 12.1. The molecule has 0 atom stereocenters. The molecule has 0 aliphatic carbocycles. The number of sulfonamides is 1. The molecule has 2 rings (SSSR count). The van der Waals surface area contributed by atoms with Gasteiger partial charge in [-0.15, -0.1) is 0 Å². The number of hydrogen-bond donors (Lipinski definition) is 1. The van der Waals surface area contributed by atoms with Crippen molar-refractivity contribution in [1.29, 1.82) is 0 Å². The molecule has 2 aromatic rings. The molecule has 0 amide bonds. The van der Waals surface area contributed by atoms with Gasteiger partial charge >= 0.3 is 0 Å². The third-order valence-corrected chi connectivity index (χ3v) is 4.86. The monoisotopic (exact) mass is 356 g/mol. The van der Waals surface area contributed by atoms with Crippen LogP contribution in [0.2, 0.25) is 5.15 Å². The molecule has 0 spiro atoms. The van der Waals surface area contributed by atoms with Crippen LogP contribution in [0.1, 0.15) is 5.56 Å². The number of hydrogen-bond acceptors (Lipinski definition) is 5. The van der Waals surface area contributed by atoms with Crippen LogP contribution in [0.5, 0.6) is 11.5 Å². The van der Waals surface area contributed by atoms with Gasteiger partial charge in [0.05, 0.1) is 14.2 Å². The van der Waals surface area contributed by atoms with Crippen molar-refractivity contribution in [2.75, 3.05) is 20.8 Å². The van der Waals surface area contributed by atoms with Crippen LogP contribution in [0.3, 0.4) is 0 Å². The molecule has 0 saturated heterocycles. The summed E-state index contributed by atoms with van der Waals surface area (Å²) in [6, 6.07) is 8.24. The normalized spacial score (nSPS) is 11.3. The van der Waals surface area contributed by atoms with E-state index < -0.39 is 10.0 Å². The number of rotatable bonds is 7. The van der Waals surface area contributed by atoms with Crippen LogP contribution in [0.4, 0.5) is 0 Å². The van der Waals surface area contributed by atoms with Crippen molar-refractivity contribution >= 4 is 21.6 Å². The molecular weight excluding hydrogens is 340 g/mol. The van der Waals surface area contributed by atoms with Gasteiger partial charge in [0.1, 0.15) is 21.5 Å². The molecule has 124 valence electrons. The molecule has 23 heavy (non-hydrogen) atoms. The van der Waals surface area contributed by atoms with Crippen LogP contribution in [0.25, 0.3) is 0 Å². The smallest absolute Gasteiger partial charge is 0.242 e. The molecule has 0 aliphatic rings. The van der Waals surface area contributed by atoms with E-state index in [0.717, 1.165) is 5.56 Å². The predicted molar refractivity (Wildman–Crippen MR) is 87.7 cm³/mol. The quantitative estimate of drug-likeness (QED) is 0.770. The van der Waals surface area contributed by atoms with E-state index in [1.165, 1.54) is 18.3 Å². The highest BCUT2D eigenvalue weighted by Gasteiger charge is 2.14. The van der Waals surface area contributed by atoms with Crippen molar-refractivity contribution in [3.8, 4) is 11.5 Å². The maximum absolute atomic E-state index is 12.1. The van der Waals surface area contributed by atoms with Gasteiger partial charge in [-0.25, -0.2) is 18.1 Å². The van der Waals surface area contributed by atoms with Crippen LogP contribution < -0.4 is 14.2 Å². The van der Waals surface area contributed by atoms with E-state index in [0.29, 0.717) is 17.9 Å². The Hall–Kier alpha value is -1.83. The summed E-state index contributed by atoms with van der Waals surface area (Å²) in [6.45, 7) is 0.230. The largest absolute Gasteiger partial charge is 0.497 e. The summed E-state index contributed by atoms with van der Waals surface area (Å²) >= 11 is 5.65. The highest BCUT2D eigenvalue weighted by atomic mass is 35.5. The van der Waals surface area contributed by atoms with Gasteiger partial charge in [-0.3, -0.25) is 0 Å². The summed E-state index contributed by atoms with van der Waals surface area (Å²) in [5.74, 6) is 1.33. The van der Waals surface area contributed by atoms with Gasteiger partial charge in [-0.2, -0.15) is 0 Å². The van der Waals surface area contributed by atoms with E-state index >= 15 is 0 Å². The number of methoxy groups -OCH3 is 2. The zero-order valence-corrected chi connectivity index (χ0v) is 14.3. The van der Waals surface area contributed by atoms with Gasteiger partial charge in [0.25, 0.3) is 0 Å². The number of aromatic nitrogens is 1. The Balaban J connectivity index is 2.03. The second-order valence-corrected chi connectivity index (χ2v) is 6.80. The van der Waals surface area contributed by atoms with E-state index in [4.69, 9.17) is 21.1 Å². The SMILES string of the molecule is COc1ccc(CCNS(=O)(=O)c2ccc(Cl)nc2)c(OC)c1. The minimum atomic E-state index is -3.62. The summed E-state index contributed by atoms with van der Waals surface area (Å²) in [6.07, 6.45) is 1.70. The van der Waals surface area contributed by atoms with E-state index in [2.05, 4.69) is 9.71 Å². The lowest BCUT2D eigenvalue weighted by atomic mass is 10.1. The molecule has 0 saturated carbocycles. The molecule has 0 unspecified atom stereocenters. The summed E-state index contributed by atoms with van der Waals surface area (Å²) in [7, 11) is -0.487. The molecule has 1 aromatic carbocycles. The highest BCUT2D eigenvalue weighted by molar-refractivity contribution is 7.89. The second-order valence-electron chi connectivity index (χ2n) is 4.64. The maximum Gasteiger partial charge on any atom is 0.242 e. The van der Waals surface area contributed by atoms with E-state index in [-0.39, 0.29) is 16.6 Å². The Labute approximate surface area is 140 Å². The molecule has 0 fully saturated rings. The lowest BCUT2D eigenvalue weighted by Crippen LogP contribution is -2.26. The fourth-order valence-electron chi connectivity index (χ4n) is 1.98. The molecule has 1 aromatic heterocycles. The van der Waals surface area contributed by atoms with Gasteiger partial charge in [-0.1, -0.05) is 17.7 Å². The first kappa shape index (κ1) is 17.5. The van der Waals surface area contributed by atoms with Gasteiger partial charge in [0, 0.05) is 18.8 Å². The Bertz CT molecular complexity index is 764. The van der Waals surface area contributed by atoms with Crippen molar-refractivity contribution in [3.05, 3.63) is 47.2 Å². The predicted octanol–water partition coefficient (Wildman–Crippen LogP) is 2.27. The van der Waals surface area contributed by atoms with Crippen molar-refractivity contribution in [1.82, 2.24) is 9.71 Å². The summed E-state index contributed by atoms with van der Waals surface area (Å²) in [5, 5.41) is 0.243. The third-order valence-electron chi connectivity index (χ3n) is 3.19. The molecule has 1 heterocycles. The molecular formula is C15H17ClN2O4S. The summed E-state index contributed by atoms with van der Waals surface area (Å²) in [4.78, 5) is 3.84. The first-order valence-corrected chi connectivity index (χ1v) is 8.64. The topological polar surface area (TPSA) is 77.5 Å². The lowest BCUT2D eigenvalue weighted by molar-refractivity contribution is 0.391. The van der Waals surface area contributed by atoms with Crippen LogP contribution >= 0.6 is 11.6 Å². The lowest BCUT2D eigenvalue weighted by Gasteiger charge is -2.11. The number of nitrogens with one attached hydrogen (secondary N) is 1. The van der Waals surface area contributed by atoms with E-state index in [1.807, 2.05) is 6.07 Å². The Kier molecular flexibility index (Phi) is 5.81. The summed E-state index contributed by atoms with van der Waals surface area (Å²) in [5.41, 5.74) is 0.880. The average molecular weight is 357 g/mol. The van der Waals surface area contributed by atoms with Crippen molar-refractivity contribution in [2.45, 2.75) is 11.3 Å². The Morgan fingerprint density at radius 3 is 2.57 bits per heavy atom. The molecule has 0 radical (unpaired) electrons. The minimum absolute atomic E-state index is 0.0728. The average Bonchev–Trinajstić information content (AvgIpc) is 2.55. The Morgan fingerprint density at radius 1 is 1.17 bits per heavy atom. The number of benzene rings is 1. The van der Waals surface area contributed by atoms with Crippen LogP contribution in [0, 0.1) is 0 Å². The molecule has 0 aliphatic heterocycles.